The van der Waals surface area contributed by atoms with Crippen LogP contribution >= 0.6 is 23.5 Å². The van der Waals surface area contributed by atoms with Crippen LogP contribution < -0.4 is 17.2 Å². The largest absolute Gasteiger partial charge is 0.490 e. The maximum Gasteiger partial charge on any atom is 0.490 e. The third kappa shape index (κ3) is 7.02. The number of phosphoric ester groups is 1. The highest BCUT2D eigenvalue weighted by Gasteiger charge is 2.45. The molecule has 32 heavy (non-hydrogen) atoms. The predicted octanol–water partition coefficient (Wildman–Crippen LogP) is -1.01. The van der Waals surface area contributed by atoms with E-state index in [9.17, 15) is 28.5 Å². The Morgan fingerprint density at radius 3 is 2.41 bits per heavy atom. The fraction of sp³-hybridized carbons (Fsp3) is 0.500. The van der Waals surface area contributed by atoms with E-state index in [2.05, 4.69) is 18.1 Å². The molecule has 0 spiro atoms. The van der Waals surface area contributed by atoms with Crippen molar-refractivity contribution < 1.29 is 56.3 Å². The molecule has 1 fully saturated rings. The fourth-order valence-corrected chi connectivity index (χ4v) is 5.76. The normalized spacial score (nSPS) is 27.9. The van der Waals surface area contributed by atoms with Crippen molar-refractivity contribution in [1.29, 1.82) is 0 Å². The van der Waals surface area contributed by atoms with Crippen molar-refractivity contribution in [1.82, 2.24) is 9.55 Å². The molecule has 0 bridgehead atoms. The van der Waals surface area contributed by atoms with E-state index in [1.807, 2.05) is 0 Å². The quantitative estimate of drug-likeness (QED) is 0.191. The van der Waals surface area contributed by atoms with Gasteiger partial charge in [0.25, 0.3) is 0 Å². The van der Waals surface area contributed by atoms with Gasteiger partial charge in [-0.15, -0.1) is 0 Å². The van der Waals surface area contributed by atoms with Gasteiger partial charge in [0.2, 0.25) is 0 Å². The van der Waals surface area contributed by atoms with Gasteiger partial charge in [-0.3, -0.25) is 9.09 Å². The Labute approximate surface area is 179 Å². The Morgan fingerprint density at radius 2 is 1.84 bits per heavy atom. The molecule has 17 nitrogen and oxygen atoms in total. The zero-order valence-electron chi connectivity index (χ0n) is 16.1. The molecule has 6 atom stereocenters. The summed E-state index contributed by atoms with van der Waals surface area (Å²) in [4.78, 5) is 51.5. The van der Waals surface area contributed by atoms with Crippen LogP contribution in [0, 0.1) is 5.92 Å². The minimum absolute atomic E-state index is 0.108. The van der Waals surface area contributed by atoms with Gasteiger partial charge < -0.3 is 40.9 Å². The van der Waals surface area contributed by atoms with Crippen molar-refractivity contribution in [3.8, 4) is 0 Å². The van der Waals surface area contributed by atoms with Crippen molar-refractivity contribution in [3.63, 3.8) is 0 Å². The van der Waals surface area contributed by atoms with Crippen molar-refractivity contribution in [2.75, 3.05) is 12.3 Å². The SMILES string of the molecule is C[C@H]1C(O)[C@@H](COP(=O)(O)OP(=O)(O)OP(=O)(O)O)O[C@H]1n1cc(/C=C/N)c(N)nc1=O. The molecule has 1 saturated heterocycles. The lowest BCUT2D eigenvalue weighted by molar-refractivity contribution is -0.0467. The Hall–Kier alpha value is -1.45. The molecule has 0 saturated carbocycles. The highest BCUT2D eigenvalue weighted by atomic mass is 31.3. The summed E-state index contributed by atoms with van der Waals surface area (Å²) in [5, 5.41) is 10.3. The number of anilines is 1. The highest BCUT2D eigenvalue weighted by molar-refractivity contribution is 7.66. The first-order valence-electron chi connectivity index (χ1n) is 8.44. The second-order valence-electron chi connectivity index (χ2n) is 6.43. The van der Waals surface area contributed by atoms with Crippen molar-refractivity contribution in [3.05, 3.63) is 28.4 Å². The molecule has 9 N–H and O–H groups in total. The summed E-state index contributed by atoms with van der Waals surface area (Å²) in [7, 11) is -16.7. The van der Waals surface area contributed by atoms with Crippen LogP contribution in [0.1, 0.15) is 18.7 Å². The molecule has 0 radical (unpaired) electrons. The number of aliphatic hydroxyl groups excluding tert-OH is 1. The van der Waals surface area contributed by atoms with Crippen LogP contribution in [0.2, 0.25) is 0 Å². The summed E-state index contributed by atoms with van der Waals surface area (Å²) in [6.07, 6.45) is -0.0250. The molecule has 3 unspecified atom stereocenters. The van der Waals surface area contributed by atoms with Gasteiger partial charge in [-0.25, -0.2) is 18.5 Å². The van der Waals surface area contributed by atoms with Crippen LogP contribution in [0.15, 0.2) is 17.2 Å². The number of nitrogens with zero attached hydrogens (tertiary/aromatic N) is 2. The molecule has 1 aromatic rings. The molecule has 0 amide bonds. The first kappa shape index (κ1) is 26.8. The molecule has 20 heteroatoms. The summed E-state index contributed by atoms with van der Waals surface area (Å²) in [6.45, 7) is 0.597. The number of ether oxygens (including phenoxy) is 1. The van der Waals surface area contributed by atoms with E-state index in [4.69, 9.17) is 30.9 Å². The van der Waals surface area contributed by atoms with Crippen LogP contribution in [-0.2, 0) is 31.6 Å². The monoisotopic (exact) mass is 522 g/mol. The average Bonchev–Trinajstić information content (AvgIpc) is 2.87. The van der Waals surface area contributed by atoms with Crippen molar-refractivity contribution in [2.24, 2.45) is 11.7 Å². The summed E-state index contributed by atoms with van der Waals surface area (Å²) >= 11 is 0. The first-order chi connectivity index (χ1) is 14.6. The van der Waals surface area contributed by atoms with E-state index >= 15 is 0 Å². The number of aliphatic hydroxyl groups is 1. The maximum absolute atomic E-state index is 12.2. The van der Waals surface area contributed by atoms with E-state index in [0.717, 1.165) is 10.8 Å². The minimum Gasteiger partial charge on any atom is -0.405 e. The van der Waals surface area contributed by atoms with Crippen LogP contribution in [0.3, 0.4) is 0 Å². The molecule has 2 rings (SSSR count). The third-order valence-corrected chi connectivity index (χ3v) is 7.86. The summed E-state index contributed by atoms with van der Waals surface area (Å²) in [5.74, 6) is -0.884. The second-order valence-corrected chi connectivity index (χ2v) is 10.9. The van der Waals surface area contributed by atoms with E-state index in [-0.39, 0.29) is 11.4 Å². The van der Waals surface area contributed by atoms with Gasteiger partial charge >= 0.3 is 29.2 Å². The average molecular weight is 522 g/mol. The Bertz CT molecular complexity index is 1070. The lowest BCUT2D eigenvalue weighted by Crippen LogP contribution is -2.31. The molecular formula is C12H21N4O13P3. The molecule has 0 aliphatic carbocycles. The van der Waals surface area contributed by atoms with Gasteiger partial charge in [0.1, 0.15) is 18.1 Å². The predicted molar refractivity (Wildman–Crippen MR) is 105 cm³/mol. The van der Waals surface area contributed by atoms with Gasteiger partial charge in [-0.1, -0.05) is 6.92 Å². The van der Waals surface area contributed by atoms with Crippen LogP contribution in [0.5, 0.6) is 0 Å². The van der Waals surface area contributed by atoms with Gasteiger partial charge in [-0.2, -0.15) is 13.6 Å². The molecule has 1 aromatic heterocycles. The van der Waals surface area contributed by atoms with E-state index in [1.54, 1.807) is 0 Å². The summed E-state index contributed by atoms with van der Waals surface area (Å²) < 4.78 is 52.0. The number of nitrogen functional groups attached to an aromatic ring is 1. The number of aromatic nitrogens is 2. The molecule has 1 aliphatic heterocycles. The van der Waals surface area contributed by atoms with Gasteiger partial charge in [0, 0.05) is 17.7 Å². The van der Waals surface area contributed by atoms with E-state index in [1.165, 1.54) is 19.2 Å². The third-order valence-electron chi connectivity index (χ3n) is 4.06. The number of hydrogen-bond donors (Lipinski definition) is 7. The smallest absolute Gasteiger partial charge is 0.405 e. The second kappa shape index (κ2) is 9.81. The van der Waals surface area contributed by atoms with E-state index < -0.39 is 60.1 Å². The number of hydrogen-bond acceptors (Lipinski definition) is 12. The van der Waals surface area contributed by atoms with Crippen LogP contribution in [0.4, 0.5) is 5.82 Å². The van der Waals surface area contributed by atoms with Gasteiger partial charge in [0.15, 0.2) is 0 Å². The summed E-state index contributed by atoms with van der Waals surface area (Å²) in [6, 6.07) is 0. The first-order valence-corrected chi connectivity index (χ1v) is 13.0. The lowest BCUT2D eigenvalue weighted by Gasteiger charge is -2.19. The van der Waals surface area contributed by atoms with Crippen LogP contribution in [-0.4, -0.2) is 53.0 Å². The molecule has 1 aliphatic rings. The molecular weight excluding hydrogens is 501 g/mol. The molecule has 182 valence electrons. The van der Waals surface area contributed by atoms with E-state index in [0.29, 0.717) is 0 Å². The van der Waals surface area contributed by atoms with Crippen LogP contribution in [0.25, 0.3) is 6.08 Å². The number of rotatable bonds is 9. The Morgan fingerprint density at radius 1 is 1.22 bits per heavy atom. The Balaban J connectivity index is 2.14. The summed E-state index contributed by atoms with van der Waals surface area (Å²) in [5.41, 5.74) is 10.4. The highest BCUT2D eigenvalue weighted by Crippen LogP contribution is 2.66. The Kier molecular flexibility index (Phi) is 8.22. The molecule has 0 aromatic carbocycles. The molecule has 2 heterocycles. The van der Waals surface area contributed by atoms with Gasteiger partial charge in [-0.05, 0) is 12.3 Å². The van der Waals surface area contributed by atoms with Crippen molar-refractivity contribution >= 4 is 35.4 Å². The van der Waals surface area contributed by atoms with Crippen molar-refractivity contribution in [2.45, 2.75) is 25.4 Å². The fourth-order valence-electron chi connectivity index (χ4n) is 2.73. The topological polar surface area (TPSA) is 276 Å². The zero-order valence-corrected chi connectivity index (χ0v) is 18.8. The van der Waals surface area contributed by atoms with Gasteiger partial charge in [0.05, 0.1) is 12.7 Å². The zero-order chi connectivity index (χ0) is 24.5. The lowest BCUT2D eigenvalue weighted by atomic mass is 10.0. The number of nitrogens with two attached hydrogens (primary N) is 2. The maximum atomic E-state index is 12.2. The number of phosphoric acid groups is 3. The minimum atomic E-state index is -5.69. The standard InChI is InChI=1S/C12H21N4O13P3/c1-6-9(17)8(5-26-31(22,23)29-32(24,25)28-30(19,20)21)27-11(6)16-4-7(2-3-13)10(14)15-12(16)18/h2-4,6,8-9,11,17H,5,13H2,1H3,(H,22,23)(H,24,25)(H2,14,15,18)(H2,19,20,21)/b3-2+/t6-,8+,9?,11+/m0/s1.